The molecule has 1 aromatic carbocycles. The summed E-state index contributed by atoms with van der Waals surface area (Å²) in [6, 6.07) is 10.5. The molecule has 5 heteroatoms. The third-order valence-corrected chi connectivity index (χ3v) is 5.81. The van der Waals surface area contributed by atoms with Crippen LogP contribution in [0.15, 0.2) is 30.3 Å². The fourth-order valence-corrected chi connectivity index (χ4v) is 4.42. The van der Waals surface area contributed by atoms with Gasteiger partial charge in [0.05, 0.1) is 13.2 Å². The molecule has 1 unspecified atom stereocenters. The predicted octanol–water partition coefficient (Wildman–Crippen LogP) is 3.66. The Bertz CT molecular complexity index is 441. The lowest BCUT2D eigenvalue weighted by Crippen LogP contribution is -2.11. The van der Waals surface area contributed by atoms with Gasteiger partial charge >= 0.3 is 7.60 Å². The first-order valence-corrected chi connectivity index (χ1v) is 8.43. The van der Waals surface area contributed by atoms with E-state index in [0.29, 0.717) is 13.2 Å². The van der Waals surface area contributed by atoms with Gasteiger partial charge in [0.15, 0.2) is 0 Å². The Kier molecular flexibility index (Phi) is 4.80. The SMILES string of the molecule is CCOP(=O)(OCC)[C@@H]1CN1[C@@H](C)c1ccccc1. The standard InChI is InChI=1S/C14H22NO3P/c1-4-17-19(16,18-5-2)14-11-15(14)12(3)13-9-7-6-8-10-13/h6-10,12,14H,4-5,11H2,1-3H3/t12-,14+,15?/m0/s1. The lowest BCUT2D eigenvalue weighted by atomic mass is 10.1. The summed E-state index contributed by atoms with van der Waals surface area (Å²) >= 11 is 0. The highest BCUT2D eigenvalue weighted by atomic mass is 31.2. The minimum Gasteiger partial charge on any atom is -0.308 e. The first-order valence-electron chi connectivity index (χ1n) is 6.82. The van der Waals surface area contributed by atoms with Gasteiger partial charge in [0.1, 0.15) is 5.78 Å². The van der Waals surface area contributed by atoms with Crippen molar-refractivity contribution < 1.29 is 13.6 Å². The molecule has 0 bridgehead atoms. The monoisotopic (exact) mass is 283 g/mol. The number of benzene rings is 1. The maximum atomic E-state index is 12.6. The van der Waals surface area contributed by atoms with Crippen molar-refractivity contribution in [3.63, 3.8) is 0 Å². The van der Waals surface area contributed by atoms with Crippen LogP contribution in [0.3, 0.4) is 0 Å². The van der Waals surface area contributed by atoms with Crippen LogP contribution in [0.25, 0.3) is 0 Å². The van der Waals surface area contributed by atoms with E-state index in [9.17, 15) is 4.57 Å². The highest BCUT2D eigenvalue weighted by Crippen LogP contribution is 2.61. The average Bonchev–Trinajstić information content (AvgIpc) is 3.20. The molecule has 1 fully saturated rings. The summed E-state index contributed by atoms with van der Waals surface area (Å²) in [5.41, 5.74) is 1.23. The molecule has 0 N–H and O–H groups in total. The van der Waals surface area contributed by atoms with E-state index >= 15 is 0 Å². The fraction of sp³-hybridized carbons (Fsp3) is 0.571. The summed E-state index contributed by atoms with van der Waals surface area (Å²) in [4.78, 5) is 2.17. The largest absolute Gasteiger partial charge is 0.348 e. The normalized spacial score (nSPS) is 24.2. The zero-order valence-electron chi connectivity index (χ0n) is 11.8. The second-order valence-electron chi connectivity index (χ2n) is 4.64. The Morgan fingerprint density at radius 3 is 2.37 bits per heavy atom. The third kappa shape index (κ3) is 3.26. The molecule has 0 aromatic heterocycles. The van der Waals surface area contributed by atoms with Gasteiger partial charge in [0.2, 0.25) is 0 Å². The van der Waals surface area contributed by atoms with E-state index in [4.69, 9.17) is 9.05 Å². The van der Waals surface area contributed by atoms with E-state index in [0.717, 1.165) is 6.54 Å². The average molecular weight is 283 g/mol. The summed E-state index contributed by atoms with van der Waals surface area (Å²) in [6.07, 6.45) is 0. The Balaban J connectivity index is 2.05. The quantitative estimate of drug-likeness (QED) is 0.565. The maximum absolute atomic E-state index is 12.6. The molecule has 1 aliphatic heterocycles. The van der Waals surface area contributed by atoms with Crippen LogP contribution < -0.4 is 0 Å². The lowest BCUT2D eigenvalue weighted by Gasteiger charge is -2.20. The number of nitrogens with zero attached hydrogens (tertiary/aromatic N) is 1. The van der Waals surface area contributed by atoms with Crippen LogP contribution >= 0.6 is 7.60 Å². The van der Waals surface area contributed by atoms with Gasteiger partial charge in [-0.05, 0) is 26.3 Å². The molecule has 0 spiro atoms. The molecule has 1 aliphatic rings. The van der Waals surface area contributed by atoms with E-state index in [1.54, 1.807) is 0 Å². The Morgan fingerprint density at radius 2 is 1.84 bits per heavy atom. The molecule has 0 amide bonds. The minimum atomic E-state index is -2.98. The first kappa shape index (κ1) is 14.7. The van der Waals surface area contributed by atoms with Gasteiger partial charge in [0.25, 0.3) is 0 Å². The van der Waals surface area contributed by atoms with Gasteiger partial charge in [-0.2, -0.15) is 0 Å². The van der Waals surface area contributed by atoms with Gasteiger partial charge in [-0.1, -0.05) is 30.3 Å². The zero-order valence-corrected chi connectivity index (χ0v) is 12.7. The molecule has 4 nitrogen and oxygen atoms in total. The third-order valence-electron chi connectivity index (χ3n) is 3.39. The Morgan fingerprint density at radius 1 is 1.26 bits per heavy atom. The van der Waals surface area contributed by atoms with Crippen molar-refractivity contribution in [2.45, 2.75) is 32.6 Å². The summed E-state index contributed by atoms with van der Waals surface area (Å²) in [7, 11) is -2.98. The number of hydrogen-bond acceptors (Lipinski definition) is 4. The second-order valence-corrected chi connectivity index (χ2v) is 6.83. The van der Waals surface area contributed by atoms with Gasteiger partial charge in [-0.15, -0.1) is 0 Å². The molecule has 0 saturated carbocycles. The predicted molar refractivity (Wildman–Crippen MR) is 76.2 cm³/mol. The molecule has 0 aliphatic carbocycles. The van der Waals surface area contributed by atoms with E-state index in [2.05, 4.69) is 24.0 Å². The van der Waals surface area contributed by atoms with Crippen LogP contribution in [-0.2, 0) is 13.6 Å². The van der Waals surface area contributed by atoms with Gasteiger partial charge in [-0.25, -0.2) is 0 Å². The Labute approximate surface area is 115 Å². The van der Waals surface area contributed by atoms with Crippen molar-refractivity contribution in [1.29, 1.82) is 0 Å². The van der Waals surface area contributed by atoms with Crippen molar-refractivity contribution in [1.82, 2.24) is 4.90 Å². The van der Waals surface area contributed by atoms with E-state index in [-0.39, 0.29) is 11.8 Å². The van der Waals surface area contributed by atoms with Crippen LogP contribution in [0.4, 0.5) is 0 Å². The van der Waals surface area contributed by atoms with Crippen LogP contribution in [0.2, 0.25) is 0 Å². The molecule has 1 aromatic rings. The molecular weight excluding hydrogens is 261 g/mol. The second kappa shape index (κ2) is 6.19. The number of hydrogen-bond donors (Lipinski definition) is 0. The Hall–Kier alpha value is -0.670. The van der Waals surface area contributed by atoms with Crippen LogP contribution in [0.5, 0.6) is 0 Å². The molecule has 19 heavy (non-hydrogen) atoms. The smallest absolute Gasteiger partial charge is 0.308 e. The molecular formula is C14H22NO3P. The first-order chi connectivity index (χ1) is 9.12. The van der Waals surface area contributed by atoms with E-state index in [1.807, 2.05) is 32.0 Å². The molecule has 106 valence electrons. The van der Waals surface area contributed by atoms with Gasteiger partial charge < -0.3 is 9.05 Å². The summed E-state index contributed by atoms with van der Waals surface area (Å²) < 4.78 is 23.4. The van der Waals surface area contributed by atoms with E-state index in [1.165, 1.54) is 5.56 Å². The van der Waals surface area contributed by atoms with Crippen LogP contribution in [0, 0.1) is 0 Å². The molecule has 2 rings (SSSR count). The lowest BCUT2D eigenvalue weighted by molar-refractivity contribution is 0.212. The van der Waals surface area contributed by atoms with Gasteiger partial charge in [-0.3, -0.25) is 9.46 Å². The molecule has 1 heterocycles. The fourth-order valence-electron chi connectivity index (χ4n) is 2.33. The van der Waals surface area contributed by atoms with Crippen LogP contribution in [-0.4, -0.2) is 30.4 Å². The summed E-state index contributed by atoms with van der Waals surface area (Å²) in [5.74, 6) is -0.0948. The zero-order chi connectivity index (χ0) is 13.9. The van der Waals surface area contributed by atoms with Crippen molar-refractivity contribution >= 4 is 7.60 Å². The van der Waals surface area contributed by atoms with Gasteiger partial charge in [0, 0.05) is 12.6 Å². The maximum Gasteiger partial charge on any atom is 0.348 e. The summed E-state index contributed by atoms with van der Waals surface area (Å²) in [5, 5.41) is 0. The van der Waals surface area contributed by atoms with Crippen molar-refractivity contribution in [2.24, 2.45) is 0 Å². The van der Waals surface area contributed by atoms with Crippen molar-refractivity contribution in [3.8, 4) is 0 Å². The van der Waals surface area contributed by atoms with Crippen LogP contribution in [0.1, 0.15) is 32.4 Å². The molecule has 3 atom stereocenters. The topological polar surface area (TPSA) is 38.5 Å². The van der Waals surface area contributed by atoms with Crippen molar-refractivity contribution in [2.75, 3.05) is 19.8 Å². The molecule has 1 saturated heterocycles. The highest BCUT2D eigenvalue weighted by molar-refractivity contribution is 7.55. The van der Waals surface area contributed by atoms with Crippen molar-refractivity contribution in [3.05, 3.63) is 35.9 Å². The molecule has 0 radical (unpaired) electrons. The highest BCUT2D eigenvalue weighted by Gasteiger charge is 2.53. The summed E-state index contributed by atoms with van der Waals surface area (Å²) in [6.45, 7) is 7.42. The minimum absolute atomic E-state index is 0.0948. The van der Waals surface area contributed by atoms with E-state index < -0.39 is 7.60 Å². The number of rotatable bonds is 7.